The quantitative estimate of drug-likeness (QED) is 0.520. The lowest BCUT2D eigenvalue weighted by atomic mass is 9.98. The summed E-state index contributed by atoms with van der Waals surface area (Å²) < 4.78 is 23.8. The van der Waals surface area contributed by atoms with Crippen molar-refractivity contribution < 1.29 is 18.7 Å². The molecule has 0 heterocycles. The second kappa shape index (κ2) is 9.04. The van der Waals surface area contributed by atoms with Gasteiger partial charge in [-0.3, -0.25) is 5.41 Å². The number of halogens is 2. The summed E-state index contributed by atoms with van der Waals surface area (Å²) in [6, 6.07) is 0. The molecule has 0 spiro atoms. The predicted octanol–water partition coefficient (Wildman–Crippen LogP) is 2.14. The van der Waals surface area contributed by atoms with Crippen molar-refractivity contribution in [2.24, 2.45) is 5.92 Å². The predicted molar refractivity (Wildman–Crippen MR) is 61.9 cm³/mol. The van der Waals surface area contributed by atoms with Crippen LogP contribution in [0.15, 0.2) is 0 Å². The topological polar surface area (TPSA) is 73.2 Å². The summed E-state index contributed by atoms with van der Waals surface area (Å²) in [5.74, 6) is -0.927. The van der Waals surface area contributed by atoms with Gasteiger partial charge >= 0.3 is 5.97 Å². The minimum atomic E-state index is -2.34. The van der Waals surface area contributed by atoms with Gasteiger partial charge in [-0.1, -0.05) is 13.3 Å². The molecule has 0 saturated carbocycles. The van der Waals surface area contributed by atoms with Crippen LogP contribution in [-0.4, -0.2) is 36.3 Å². The van der Waals surface area contributed by atoms with Gasteiger partial charge in [0, 0.05) is 0 Å². The Balaban J connectivity index is 3.67. The van der Waals surface area contributed by atoms with E-state index in [4.69, 9.17) is 10.5 Å². The van der Waals surface area contributed by atoms with Crippen LogP contribution in [-0.2, 0) is 4.79 Å². The SMILES string of the molecule is CCC(CCCC(=N)C(=O)O)CNCC(F)F. The minimum absolute atomic E-state index is 0.237. The third kappa shape index (κ3) is 8.74. The number of rotatable bonds is 10. The maximum Gasteiger partial charge on any atom is 0.349 e. The third-order valence-electron chi connectivity index (χ3n) is 2.61. The summed E-state index contributed by atoms with van der Waals surface area (Å²) in [5.41, 5.74) is -0.291. The van der Waals surface area contributed by atoms with Crippen LogP contribution in [0.25, 0.3) is 0 Å². The number of hydrogen-bond acceptors (Lipinski definition) is 3. The first kappa shape index (κ1) is 16.0. The van der Waals surface area contributed by atoms with Crippen LogP contribution in [0.1, 0.15) is 32.6 Å². The molecule has 17 heavy (non-hydrogen) atoms. The fourth-order valence-corrected chi connectivity index (χ4v) is 1.52. The average molecular weight is 250 g/mol. The van der Waals surface area contributed by atoms with E-state index in [1.165, 1.54) is 0 Å². The number of aliphatic carboxylic acids is 1. The normalized spacial score (nSPS) is 12.7. The van der Waals surface area contributed by atoms with Crippen molar-refractivity contribution in [2.45, 2.75) is 39.0 Å². The Labute approximate surface area is 99.9 Å². The molecule has 0 rings (SSSR count). The first-order valence-corrected chi connectivity index (χ1v) is 5.76. The van der Waals surface area contributed by atoms with Gasteiger partial charge in [-0.2, -0.15) is 0 Å². The summed E-state index contributed by atoms with van der Waals surface area (Å²) in [4.78, 5) is 10.4. The Bertz CT molecular complexity index is 248. The molecule has 0 saturated heterocycles. The van der Waals surface area contributed by atoms with Gasteiger partial charge in [0.1, 0.15) is 5.71 Å². The van der Waals surface area contributed by atoms with Crippen LogP contribution in [0.3, 0.4) is 0 Å². The van der Waals surface area contributed by atoms with E-state index in [1.54, 1.807) is 0 Å². The summed E-state index contributed by atoms with van der Waals surface area (Å²) >= 11 is 0. The van der Waals surface area contributed by atoms with Gasteiger partial charge in [-0.15, -0.1) is 0 Å². The maximum atomic E-state index is 11.9. The highest BCUT2D eigenvalue weighted by Gasteiger charge is 2.10. The molecule has 1 unspecified atom stereocenters. The molecule has 6 heteroatoms. The lowest BCUT2D eigenvalue weighted by Crippen LogP contribution is -2.27. The van der Waals surface area contributed by atoms with Gasteiger partial charge < -0.3 is 10.4 Å². The second-order valence-corrected chi connectivity index (χ2v) is 4.00. The number of carboxylic acids is 1. The van der Waals surface area contributed by atoms with Crippen molar-refractivity contribution in [3.63, 3.8) is 0 Å². The van der Waals surface area contributed by atoms with Crippen molar-refractivity contribution >= 4 is 11.7 Å². The maximum absolute atomic E-state index is 11.9. The van der Waals surface area contributed by atoms with Gasteiger partial charge in [0.25, 0.3) is 6.43 Å². The zero-order valence-electron chi connectivity index (χ0n) is 10.0. The van der Waals surface area contributed by atoms with Crippen molar-refractivity contribution in [2.75, 3.05) is 13.1 Å². The van der Waals surface area contributed by atoms with Gasteiger partial charge in [-0.25, -0.2) is 13.6 Å². The van der Waals surface area contributed by atoms with Crippen LogP contribution in [0.4, 0.5) is 8.78 Å². The molecule has 0 radical (unpaired) electrons. The van der Waals surface area contributed by atoms with E-state index < -0.39 is 12.4 Å². The molecule has 1 atom stereocenters. The molecular formula is C11H20F2N2O2. The Morgan fingerprint density at radius 3 is 2.53 bits per heavy atom. The number of carbonyl (C=O) groups is 1. The van der Waals surface area contributed by atoms with E-state index in [1.807, 2.05) is 6.92 Å². The first-order valence-electron chi connectivity index (χ1n) is 5.76. The van der Waals surface area contributed by atoms with Crippen LogP contribution in [0.2, 0.25) is 0 Å². The molecule has 0 aliphatic carbocycles. The molecule has 0 aromatic rings. The molecular weight excluding hydrogens is 230 g/mol. The monoisotopic (exact) mass is 250 g/mol. The molecule has 0 aliphatic heterocycles. The van der Waals surface area contributed by atoms with E-state index >= 15 is 0 Å². The number of hydrogen-bond donors (Lipinski definition) is 3. The highest BCUT2D eigenvalue weighted by Crippen LogP contribution is 2.12. The fraction of sp³-hybridized carbons (Fsp3) is 0.818. The summed E-state index contributed by atoms with van der Waals surface area (Å²) in [6.07, 6.45) is 0.118. The molecule has 3 N–H and O–H groups in total. The third-order valence-corrected chi connectivity index (χ3v) is 2.61. The lowest BCUT2D eigenvalue weighted by molar-refractivity contribution is -0.129. The Kier molecular flexibility index (Phi) is 8.49. The van der Waals surface area contributed by atoms with Crippen LogP contribution >= 0.6 is 0 Å². The summed E-state index contributed by atoms with van der Waals surface area (Å²) in [5, 5.41) is 18.3. The number of carboxylic acid groups (broad SMARTS) is 1. The van der Waals surface area contributed by atoms with Crippen molar-refractivity contribution in [3.05, 3.63) is 0 Å². The molecule has 0 aromatic carbocycles. The van der Waals surface area contributed by atoms with E-state index in [2.05, 4.69) is 5.32 Å². The molecule has 0 aliphatic rings. The van der Waals surface area contributed by atoms with E-state index in [-0.39, 0.29) is 24.6 Å². The smallest absolute Gasteiger partial charge is 0.349 e. The summed E-state index contributed by atoms with van der Waals surface area (Å²) in [6.45, 7) is 2.18. The molecule has 100 valence electrons. The fourth-order valence-electron chi connectivity index (χ4n) is 1.52. The second-order valence-electron chi connectivity index (χ2n) is 4.00. The molecule has 0 fully saturated rings. The van der Waals surface area contributed by atoms with E-state index in [0.717, 1.165) is 12.8 Å². The highest BCUT2D eigenvalue weighted by atomic mass is 19.3. The zero-order valence-corrected chi connectivity index (χ0v) is 10.0. The zero-order chi connectivity index (χ0) is 13.3. The van der Waals surface area contributed by atoms with Crippen molar-refractivity contribution in [1.82, 2.24) is 5.32 Å². The van der Waals surface area contributed by atoms with Gasteiger partial charge in [-0.05, 0) is 31.7 Å². The van der Waals surface area contributed by atoms with Crippen molar-refractivity contribution in [1.29, 1.82) is 5.41 Å². The molecule has 0 amide bonds. The van der Waals surface area contributed by atoms with Crippen LogP contribution in [0.5, 0.6) is 0 Å². The van der Waals surface area contributed by atoms with E-state index in [0.29, 0.717) is 13.0 Å². The Morgan fingerprint density at radius 1 is 1.41 bits per heavy atom. The molecule has 0 aromatic heterocycles. The molecule has 0 bridgehead atoms. The Morgan fingerprint density at radius 2 is 2.06 bits per heavy atom. The number of alkyl halides is 2. The average Bonchev–Trinajstić information content (AvgIpc) is 2.26. The van der Waals surface area contributed by atoms with Crippen LogP contribution in [0, 0.1) is 11.3 Å². The van der Waals surface area contributed by atoms with E-state index in [9.17, 15) is 13.6 Å². The van der Waals surface area contributed by atoms with Gasteiger partial charge in [0.15, 0.2) is 0 Å². The van der Waals surface area contributed by atoms with Gasteiger partial charge in [0.2, 0.25) is 0 Å². The lowest BCUT2D eigenvalue weighted by Gasteiger charge is -2.15. The first-order chi connectivity index (χ1) is 7.97. The standard InChI is InChI=1S/C11H20F2N2O2/c1-2-8(6-15-7-10(12)13)4-3-5-9(14)11(16)17/h8,10,14-15H,2-7H2,1H3,(H,16,17). The number of nitrogens with one attached hydrogen (secondary N) is 2. The van der Waals surface area contributed by atoms with Crippen molar-refractivity contribution in [3.8, 4) is 0 Å². The highest BCUT2D eigenvalue weighted by molar-refractivity contribution is 6.34. The van der Waals surface area contributed by atoms with Crippen LogP contribution < -0.4 is 5.32 Å². The molecule has 4 nitrogen and oxygen atoms in total. The van der Waals surface area contributed by atoms with Gasteiger partial charge in [0.05, 0.1) is 6.54 Å². The summed E-state index contributed by atoms with van der Waals surface area (Å²) in [7, 11) is 0. The minimum Gasteiger partial charge on any atom is -0.477 e. The largest absolute Gasteiger partial charge is 0.477 e. The Hall–Kier alpha value is -1.04.